The molecule has 0 spiro atoms. The second kappa shape index (κ2) is 6.40. The maximum absolute atomic E-state index is 13.9. The molecule has 3 unspecified atom stereocenters. The van der Waals surface area contributed by atoms with Gasteiger partial charge in [0.1, 0.15) is 5.92 Å². The fraction of sp³-hybridized carbons (Fsp3) is 0.294. The number of thiophene rings is 1. The molecular formula is C17H15F3N2O3S. The molecule has 1 aromatic carbocycles. The number of nitrogens with one attached hydrogen (secondary N) is 1. The highest BCUT2D eigenvalue weighted by atomic mass is 32.1. The number of carbonyl (C=O) groups is 2. The van der Waals surface area contributed by atoms with Crippen LogP contribution >= 0.6 is 11.3 Å². The maximum atomic E-state index is 13.9. The number of urea groups is 1. The Hall–Kier alpha value is -2.39. The molecule has 2 aromatic rings. The molecule has 26 heavy (non-hydrogen) atoms. The van der Waals surface area contributed by atoms with Gasteiger partial charge < -0.3 is 10.4 Å². The summed E-state index contributed by atoms with van der Waals surface area (Å²) in [4.78, 5) is 25.3. The highest BCUT2D eigenvalue weighted by molar-refractivity contribution is 7.12. The molecule has 1 fully saturated rings. The van der Waals surface area contributed by atoms with Crippen molar-refractivity contribution >= 4 is 23.2 Å². The minimum atomic E-state index is -5.23. The number of Topliss-reactive ketones (excluding diaryl/α,β-unsaturated/α-hetero) is 1. The SMILES string of the molecule is CN1C(=O)NC(c2ccccc2)C(C(=O)c2cccs2)C1(O)C(F)(F)F. The number of carbonyl (C=O) groups excluding carboxylic acids is 2. The zero-order chi connectivity index (χ0) is 19.1. The van der Waals surface area contributed by atoms with E-state index >= 15 is 0 Å². The van der Waals surface area contributed by atoms with Crippen molar-refractivity contribution in [2.24, 2.45) is 5.92 Å². The van der Waals surface area contributed by atoms with Gasteiger partial charge in [-0.05, 0) is 17.0 Å². The van der Waals surface area contributed by atoms with E-state index < -0.39 is 35.7 Å². The lowest BCUT2D eigenvalue weighted by Gasteiger charge is -2.49. The first-order chi connectivity index (χ1) is 12.2. The molecule has 5 nitrogen and oxygen atoms in total. The Bertz CT molecular complexity index is 810. The number of benzene rings is 1. The standard InChI is InChI=1S/C17H15F3N2O3S/c1-22-15(24)21-13(10-6-3-2-4-7-10)12(16(22,25)17(18,19)20)14(23)11-8-5-9-26-11/h2-9,12-13,25H,1H3,(H,21,24). The molecule has 2 heterocycles. The van der Waals surface area contributed by atoms with Gasteiger partial charge in [-0.15, -0.1) is 11.3 Å². The molecular weight excluding hydrogens is 369 g/mol. The van der Waals surface area contributed by atoms with Crippen LogP contribution in [0.5, 0.6) is 0 Å². The normalized spacial score (nSPS) is 26.5. The van der Waals surface area contributed by atoms with E-state index in [0.717, 1.165) is 18.4 Å². The molecule has 2 N–H and O–H groups in total. The summed E-state index contributed by atoms with van der Waals surface area (Å²) in [5, 5.41) is 14.6. The first-order valence-corrected chi connectivity index (χ1v) is 8.52. The van der Waals surface area contributed by atoms with Crippen LogP contribution in [-0.2, 0) is 0 Å². The largest absolute Gasteiger partial charge is 0.437 e. The highest BCUT2D eigenvalue weighted by Crippen LogP contribution is 2.47. The third kappa shape index (κ3) is 2.77. The number of halogens is 3. The summed E-state index contributed by atoms with van der Waals surface area (Å²) in [5.41, 5.74) is -3.34. The molecule has 1 aliphatic heterocycles. The quantitative estimate of drug-likeness (QED) is 0.799. The van der Waals surface area contributed by atoms with Gasteiger partial charge in [-0.3, -0.25) is 9.69 Å². The fourth-order valence-corrected chi connectivity index (χ4v) is 3.82. The summed E-state index contributed by atoms with van der Waals surface area (Å²) in [7, 11) is 0.818. The van der Waals surface area contributed by atoms with Gasteiger partial charge in [0, 0.05) is 7.05 Å². The number of amides is 2. The monoisotopic (exact) mass is 384 g/mol. The minimum absolute atomic E-state index is 0.0724. The van der Waals surface area contributed by atoms with Gasteiger partial charge in [-0.25, -0.2) is 4.79 Å². The molecule has 1 aliphatic rings. The van der Waals surface area contributed by atoms with Gasteiger partial charge in [-0.1, -0.05) is 36.4 Å². The van der Waals surface area contributed by atoms with Gasteiger partial charge in [0.05, 0.1) is 10.9 Å². The predicted molar refractivity (Wildman–Crippen MR) is 88.6 cm³/mol. The van der Waals surface area contributed by atoms with Gasteiger partial charge in [0.2, 0.25) is 0 Å². The van der Waals surface area contributed by atoms with Crippen molar-refractivity contribution in [2.75, 3.05) is 7.05 Å². The van der Waals surface area contributed by atoms with E-state index in [9.17, 15) is 27.9 Å². The lowest BCUT2D eigenvalue weighted by molar-refractivity contribution is -0.322. The molecule has 0 aliphatic carbocycles. The molecule has 1 saturated heterocycles. The van der Waals surface area contributed by atoms with Crippen LogP contribution in [-0.4, -0.2) is 40.8 Å². The number of ketones is 1. The summed E-state index contributed by atoms with van der Waals surface area (Å²) in [5.74, 6) is -2.85. The number of aliphatic hydroxyl groups is 1. The van der Waals surface area contributed by atoms with E-state index in [2.05, 4.69) is 5.32 Å². The lowest BCUT2D eigenvalue weighted by Crippen LogP contribution is -2.72. The fourth-order valence-electron chi connectivity index (χ4n) is 3.12. The van der Waals surface area contributed by atoms with Gasteiger partial charge >= 0.3 is 12.2 Å². The number of alkyl halides is 3. The van der Waals surface area contributed by atoms with Crippen molar-refractivity contribution in [3.8, 4) is 0 Å². The average Bonchev–Trinajstić information content (AvgIpc) is 3.13. The number of hydrogen-bond acceptors (Lipinski definition) is 4. The smallest absolute Gasteiger partial charge is 0.363 e. The van der Waals surface area contributed by atoms with Gasteiger partial charge in [0.25, 0.3) is 5.72 Å². The Labute approximate surface area is 151 Å². The average molecular weight is 384 g/mol. The Morgan fingerprint density at radius 2 is 1.88 bits per heavy atom. The zero-order valence-electron chi connectivity index (χ0n) is 13.5. The molecule has 0 bridgehead atoms. The van der Waals surface area contributed by atoms with E-state index in [1.165, 1.54) is 24.3 Å². The first kappa shape index (κ1) is 18.4. The van der Waals surface area contributed by atoms with E-state index in [1.54, 1.807) is 23.6 Å². The van der Waals surface area contributed by atoms with Crippen LogP contribution in [0, 0.1) is 5.92 Å². The molecule has 1 aromatic heterocycles. The third-order valence-corrected chi connectivity index (χ3v) is 5.37. The van der Waals surface area contributed by atoms with Crippen LogP contribution in [0.3, 0.4) is 0 Å². The number of rotatable bonds is 3. The second-order valence-electron chi connectivity index (χ2n) is 5.94. The Morgan fingerprint density at radius 3 is 2.42 bits per heavy atom. The van der Waals surface area contributed by atoms with Crippen molar-refractivity contribution in [3.05, 3.63) is 58.3 Å². The Morgan fingerprint density at radius 1 is 1.23 bits per heavy atom. The van der Waals surface area contributed by atoms with Crippen LogP contribution < -0.4 is 5.32 Å². The Balaban J connectivity index is 2.20. The van der Waals surface area contributed by atoms with Crippen LogP contribution in [0.25, 0.3) is 0 Å². The molecule has 138 valence electrons. The van der Waals surface area contributed by atoms with Crippen LogP contribution in [0.4, 0.5) is 18.0 Å². The minimum Gasteiger partial charge on any atom is -0.363 e. The van der Waals surface area contributed by atoms with Crippen molar-refractivity contribution in [2.45, 2.75) is 17.9 Å². The predicted octanol–water partition coefficient (Wildman–Crippen LogP) is 3.19. The van der Waals surface area contributed by atoms with Gasteiger partial charge in [0.15, 0.2) is 5.78 Å². The molecule has 2 amide bonds. The van der Waals surface area contributed by atoms with Crippen molar-refractivity contribution in [1.82, 2.24) is 10.2 Å². The molecule has 0 saturated carbocycles. The zero-order valence-corrected chi connectivity index (χ0v) is 14.3. The topological polar surface area (TPSA) is 69.6 Å². The van der Waals surface area contributed by atoms with Crippen molar-refractivity contribution in [1.29, 1.82) is 0 Å². The second-order valence-corrected chi connectivity index (χ2v) is 6.89. The molecule has 9 heteroatoms. The summed E-state index contributed by atoms with van der Waals surface area (Å²) in [6, 6.07) is 8.30. The molecule has 3 atom stereocenters. The Kier molecular flexibility index (Phi) is 4.53. The summed E-state index contributed by atoms with van der Waals surface area (Å²) < 4.78 is 41.6. The highest BCUT2D eigenvalue weighted by Gasteiger charge is 2.69. The molecule has 3 rings (SSSR count). The summed E-state index contributed by atoms with van der Waals surface area (Å²) in [6.07, 6.45) is -5.23. The van der Waals surface area contributed by atoms with Crippen molar-refractivity contribution in [3.63, 3.8) is 0 Å². The summed E-state index contributed by atoms with van der Waals surface area (Å²) >= 11 is 0.976. The third-order valence-electron chi connectivity index (χ3n) is 4.48. The lowest BCUT2D eigenvalue weighted by atomic mass is 9.78. The number of nitrogens with zero attached hydrogens (tertiary/aromatic N) is 1. The molecule has 0 radical (unpaired) electrons. The first-order valence-electron chi connectivity index (χ1n) is 7.64. The van der Waals surface area contributed by atoms with E-state index in [1.807, 2.05) is 0 Å². The van der Waals surface area contributed by atoms with Crippen LogP contribution in [0.2, 0.25) is 0 Å². The summed E-state index contributed by atoms with van der Waals surface area (Å²) in [6.45, 7) is 0. The number of hydrogen-bond donors (Lipinski definition) is 2. The van der Waals surface area contributed by atoms with E-state index in [4.69, 9.17) is 0 Å². The van der Waals surface area contributed by atoms with Gasteiger partial charge in [-0.2, -0.15) is 13.2 Å². The van der Waals surface area contributed by atoms with E-state index in [-0.39, 0.29) is 9.78 Å². The van der Waals surface area contributed by atoms with Crippen molar-refractivity contribution < 1.29 is 27.9 Å². The van der Waals surface area contributed by atoms with Crippen LogP contribution in [0.15, 0.2) is 47.8 Å². The maximum Gasteiger partial charge on any atom is 0.437 e. The van der Waals surface area contributed by atoms with E-state index in [0.29, 0.717) is 5.56 Å². The van der Waals surface area contributed by atoms with Crippen LogP contribution in [0.1, 0.15) is 21.3 Å².